The van der Waals surface area contributed by atoms with E-state index in [4.69, 9.17) is 14.1 Å². The van der Waals surface area contributed by atoms with Crippen LogP contribution in [0.1, 0.15) is 0 Å². The Bertz CT molecular complexity index is 1100. The van der Waals surface area contributed by atoms with Crippen molar-refractivity contribution >= 4 is 33.8 Å². The standard InChI is InChI=1S/C19H16N2O3S/c1-23-11-10-21-15-8-4-3-7-14(15)20-19(21)25-17-12-18(22)24-16-9-5-2-6-13(16)17/h2-9,12H,10-11H2,1H3. The Morgan fingerprint density at radius 1 is 1.16 bits per heavy atom. The summed E-state index contributed by atoms with van der Waals surface area (Å²) in [5.74, 6) is 0. The van der Waals surface area contributed by atoms with Crippen LogP contribution in [0.15, 0.2) is 73.9 Å². The van der Waals surface area contributed by atoms with Gasteiger partial charge in [0.25, 0.3) is 0 Å². The van der Waals surface area contributed by atoms with Crippen molar-refractivity contribution in [2.24, 2.45) is 0 Å². The molecule has 0 aliphatic heterocycles. The van der Waals surface area contributed by atoms with E-state index in [1.807, 2.05) is 42.5 Å². The number of rotatable bonds is 5. The maximum absolute atomic E-state index is 11.9. The molecule has 0 spiro atoms. The maximum atomic E-state index is 11.9. The second-order valence-electron chi connectivity index (χ2n) is 5.56. The second kappa shape index (κ2) is 6.74. The maximum Gasteiger partial charge on any atom is 0.337 e. The van der Waals surface area contributed by atoms with Gasteiger partial charge in [0, 0.05) is 30.0 Å². The van der Waals surface area contributed by atoms with Crippen LogP contribution in [0, 0.1) is 0 Å². The highest BCUT2D eigenvalue weighted by Gasteiger charge is 2.14. The number of imidazole rings is 1. The van der Waals surface area contributed by atoms with Crippen molar-refractivity contribution in [3.63, 3.8) is 0 Å². The molecule has 0 radical (unpaired) electrons. The molecule has 2 heterocycles. The summed E-state index contributed by atoms with van der Waals surface area (Å²) in [7, 11) is 1.68. The molecule has 0 unspecified atom stereocenters. The SMILES string of the molecule is COCCn1c(Sc2cc(=O)oc3ccccc23)nc2ccccc21. The highest BCUT2D eigenvalue weighted by atomic mass is 32.2. The Hall–Kier alpha value is -2.57. The summed E-state index contributed by atoms with van der Waals surface area (Å²) in [5.41, 5.74) is 2.19. The van der Waals surface area contributed by atoms with E-state index >= 15 is 0 Å². The van der Waals surface area contributed by atoms with Crippen LogP contribution in [-0.4, -0.2) is 23.3 Å². The number of aromatic nitrogens is 2. The molecule has 5 nitrogen and oxygen atoms in total. The number of methoxy groups -OCH3 is 1. The third-order valence-electron chi connectivity index (χ3n) is 3.95. The summed E-state index contributed by atoms with van der Waals surface area (Å²) in [5, 5.41) is 1.73. The summed E-state index contributed by atoms with van der Waals surface area (Å²) in [6, 6.07) is 17.0. The Morgan fingerprint density at radius 3 is 2.84 bits per heavy atom. The zero-order chi connectivity index (χ0) is 17.2. The summed E-state index contributed by atoms with van der Waals surface area (Å²) in [4.78, 5) is 17.5. The van der Waals surface area contributed by atoms with Gasteiger partial charge in [-0.05, 0) is 18.2 Å². The second-order valence-corrected chi connectivity index (χ2v) is 6.56. The molecule has 0 amide bonds. The number of para-hydroxylation sites is 3. The molecule has 2 aromatic heterocycles. The lowest BCUT2D eigenvalue weighted by atomic mass is 10.2. The summed E-state index contributed by atoms with van der Waals surface area (Å²) in [6.07, 6.45) is 0. The zero-order valence-corrected chi connectivity index (χ0v) is 14.5. The lowest BCUT2D eigenvalue weighted by Gasteiger charge is -2.09. The predicted molar refractivity (Wildman–Crippen MR) is 98.2 cm³/mol. The van der Waals surface area contributed by atoms with Crippen LogP contribution >= 0.6 is 11.8 Å². The molecule has 25 heavy (non-hydrogen) atoms. The molecule has 0 fully saturated rings. The van der Waals surface area contributed by atoms with Crippen molar-refractivity contribution in [1.82, 2.24) is 9.55 Å². The van der Waals surface area contributed by atoms with E-state index in [1.54, 1.807) is 13.2 Å². The van der Waals surface area contributed by atoms with E-state index in [0.29, 0.717) is 18.7 Å². The third-order valence-corrected chi connectivity index (χ3v) is 5.00. The number of hydrogen-bond acceptors (Lipinski definition) is 5. The minimum absolute atomic E-state index is 0.360. The van der Waals surface area contributed by atoms with E-state index in [1.165, 1.54) is 17.8 Å². The van der Waals surface area contributed by atoms with Gasteiger partial charge in [-0.2, -0.15) is 0 Å². The minimum Gasteiger partial charge on any atom is -0.423 e. The third kappa shape index (κ3) is 3.06. The fraction of sp³-hybridized carbons (Fsp3) is 0.158. The quantitative estimate of drug-likeness (QED) is 0.509. The first-order chi connectivity index (χ1) is 12.3. The first-order valence-electron chi connectivity index (χ1n) is 7.91. The Morgan fingerprint density at radius 2 is 1.96 bits per heavy atom. The molecule has 4 aromatic rings. The average molecular weight is 352 g/mol. The van der Waals surface area contributed by atoms with E-state index < -0.39 is 0 Å². The van der Waals surface area contributed by atoms with Gasteiger partial charge in [-0.1, -0.05) is 42.1 Å². The van der Waals surface area contributed by atoms with Crippen molar-refractivity contribution < 1.29 is 9.15 Å². The van der Waals surface area contributed by atoms with Crippen molar-refractivity contribution in [1.29, 1.82) is 0 Å². The molecule has 4 rings (SSSR count). The van der Waals surface area contributed by atoms with Gasteiger partial charge in [0.1, 0.15) is 5.58 Å². The molecule has 2 aromatic carbocycles. The fourth-order valence-corrected chi connectivity index (χ4v) is 3.87. The Kier molecular flexibility index (Phi) is 4.29. The molecule has 126 valence electrons. The first-order valence-corrected chi connectivity index (χ1v) is 8.73. The number of nitrogens with zero attached hydrogens (tertiary/aromatic N) is 2. The molecule has 0 N–H and O–H groups in total. The molecule has 0 aliphatic rings. The van der Waals surface area contributed by atoms with E-state index in [2.05, 4.69) is 4.57 Å². The van der Waals surface area contributed by atoms with Crippen molar-refractivity contribution in [3.8, 4) is 0 Å². The van der Waals surface area contributed by atoms with Gasteiger partial charge in [-0.25, -0.2) is 9.78 Å². The van der Waals surface area contributed by atoms with Gasteiger partial charge >= 0.3 is 5.63 Å². The van der Waals surface area contributed by atoms with E-state index in [9.17, 15) is 4.79 Å². The van der Waals surface area contributed by atoms with Gasteiger partial charge in [-0.3, -0.25) is 0 Å². The van der Waals surface area contributed by atoms with Crippen LogP contribution in [0.25, 0.3) is 22.0 Å². The van der Waals surface area contributed by atoms with Gasteiger partial charge < -0.3 is 13.7 Å². The molecule has 0 bridgehead atoms. The minimum atomic E-state index is -0.360. The molecule has 0 saturated carbocycles. The fourth-order valence-electron chi connectivity index (χ4n) is 2.79. The van der Waals surface area contributed by atoms with E-state index in [-0.39, 0.29) is 5.63 Å². The van der Waals surface area contributed by atoms with Gasteiger partial charge in [0.05, 0.1) is 17.6 Å². The zero-order valence-electron chi connectivity index (χ0n) is 13.6. The summed E-state index contributed by atoms with van der Waals surface area (Å²) < 4.78 is 12.6. The smallest absolute Gasteiger partial charge is 0.337 e. The number of fused-ring (bicyclic) bond motifs is 2. The summed E-state index contributed by atoms with van der Waals surface area (Å²) >= 11 is 1.47. The number of benzene rings is 2. The Balaban J connectivity index is 1.85. The van der Waals surface area contributed by atoms with Gasteiger partial charge in [-0.15, -0.1) is 0 Å². The molecule has 6 heteroatoms. The highest BCUT2D eigenvalue weighted by Crippen LogP contribution is 2.33. The van der Waals surface area contributed by atoms with Gasteiger partial charge in [0.2, 0.25) is 0 Å². The number of ether oxygens (including phenoxy) is 1. The van der Waals surface area contributed by atoms with Gasteiger partial charge in [0.15, 0.2) is 5.16 Å². The van der Waals surface area contributed by atoms with Crippen molar-refractivity contribution in [2.45, 2.75) is 16.6 Å². The van der Waals surface area contributed by atoms with Crippen LogP contribution in [0.4, 0.5) is 0 Å². The predicted octanol–water partition coefficient (Wildman–Crippen LogP) is 3.94. The lowest BCUT2D eigenvalue weighted by molar-refractivity contribution is 0.186. The first kappa shape index (κ1) is 15.9. The van der Waals surface area contributed by atoms with Crippen LogP contribution in [-0.2, 0) is 11.3 Å². The van der Waals surface area contributed by atoms with Crippen LogP contribution in [0.3, 0.4) is 0 Å². The van der Waals surface area contributed by atoms with Crippen molar-refractivity contribution in [3.05, 3.63) is 65.0 Å². The molecule has 0 atom stereocenters. The van der Waals surface area contributed by atoms with Crippen LogP contribution < -0.4 is 5.63 Å². The lowest BCUT2D eigenvalue weighted by Crippen LogP contribution is -2.05. The molecule has 0 saturated heterocycles. The van der Waals surface area contributed by atoms with Crippen LogP contribution in [0.5, 0.6) is 0 Å². The largest absolute Gasteiger partial charge is 0.423 e. The molecular weight excluding hydrogens is 336 g/mol. The average Bonchev–Trinajstić information content (AvgIpc) is 2.97. The number of hydrogen-bond donors (Lipinski definition) is 0. The topological polar surface area (TPSA) is 57.3 Å². The summed E-state index contributed by atoms with van der Waals surface area (Å²) in [6.45, 7) is 1.28. The molecule has 0 aliphatic carbocycles. The Labute approximate surface area is 148 Å². The van der Waals surface area contributed by atoms with E-state index in [0.717, 1.165) is 26.5 Å². The molecular formula is C19H16N2O3S. The normalized spacial score (nSPS) is 11.4. The van der Waals surface area contributed by atoms with Crippen LogP contribution in [0.2, 0.25) is 0 Å². The van der Waals surface area contributed by atoms with Crippen molar-refractivity contribution in [2.75, 3.05) is 13.7 Å². The monoisotopic (exact) mass is 352 g/mol. The highest BCUT2D eigenvalue weighted by molar-refractivity contribution is 7.99.